The maximum atomic E-state index is 13.6. The van der Waals surface area contributed by atoms with Crippen molar-refractivity contribution in [2.24, 2.45) is 5.14 Å². The molecule has 0 amide bonds. The van der Waals surface area contributed by atoms with Crippen LogP contribution in [0, 0.1) is 5.82 Å². The van der Waals surface area contributed by atoms with Crippen molar-refractivity contribution in [2.75, 3.05) is 25.1 Å². The first-order valence-electron chi connectivity index (χ1n) is 6.09. The van der Waals surface area contributed by atoms with Crippen LogP contribution < -0.4 is 10.5 Å². The van der Waals surface area contributed by atoms with Crippen molar-refractivity contribution in [2.45, 2.75) is 24.7 Å². The van der Waals surface area contributed by atoms with Gasteiger partial charge in [0.05, 0.1) is 17.2 Å². The van der Waals surface area contributed by atoms with E-state index in [9.17, 15) is 12.8 Å². The number of sulfonamides is 1. The van der Waals surface area contributed by atoms with Gasteiger partial charge in [0.15, 0.2) is 0 Å². The lowest BCUT2D eigenvalue weighted by Crippen LogP contribution is -2.14. The van der Waals surface area contributed by atoms with E-state index in [2.05, 4.69) is 12.2 Å². The van der Waals surface area contributed by atoms with Crippen LogP contribution >= 0.6 is 0 Å². The molecule has 0 aliphatic heterocycles. The Morgan fingerprint density at radius 3 is 2.68 bits per heavy atom. The van der Waals surface area contributed by atoms with Gasteiger partial charge in [-0.1, -0.05) is 13.3 Å². The Kier molecular flexibility index (Phi) is 6.20. The van der Waals surface area contributed by atoms with E-state index in [0.717, 1.165) is 18.9 Å². The second-order valence-corrected chi connectivity index (χ2v) is 5.64. The highest BCUT2D eigenvalue weighted by molar-refractivity contribution is 7.89. The van der Waals surface area contributed by atoms with Gasteiger partial charge >= 0.3 is 0 Å². The zero-order valence-electron chi connectivity index (χ0n) is 10.9. The third-order valence-corrected chi connectivity index (χ3v) is 3.38. The molecule has 1 aromatic carbocycles. The van der Waals surface area contributed by atoms with Gasteiger partial charge in [0.2, 0.25) is 10.0 Å². The fourth-order valence-corrected chi connectivity index (χ4v) is 1.95. The van der Waals surface area contributed by atoms with E-state index in [1.54, 1.807) is 0 Å². The topological polar surface area (TPSA) is 81.4 Å². The van der Waals surface area contributed by atoms with Crippen molar-refractivity contribution in [1.82, 2.24) is 0 Å². The number of nitrogens with two attached hydrogens (primary N) is 1. The number of rotatable bonds is 8. The van der Waals surface area contributed by atoms with Crippen LogP contribution in [0.5, 0.6) is 0 Å². The summed E-state index contributed by atoms with van der Waals surface area (Å²) >= 11 is 0. The summed E-state index contributed by atoms with van der Waals surface area (Å²) in [6, 6.07) is 3.51. The lowest BCUT2D eigenvalue weighted by Gasteiger charge is -2.09. The Morgan fingerprint density at radius 1 is 1.37 bits per heavy atom. The van der Waals surface area contributed by atoms with Crippen LogP contribution in [0.1, 0.15) is 19.8 Å². The zero-order chi connectivity index (χ0) is 14.3. The molecule has 1 rings (SSSR count). The van der Waals surface area contributed by atoms with Crippen LogP contribution in [-0.4, -0.2) is 28.2 Å². The van der Waals surface area contributed by atoms with Gasteiger partial charge in [-0.3, -0.25) is 0 Å². The number of hydrogen-bond acceptors (Lipinski definition) is 4. The van der Waals surface area contributed by atoms with Crippen LogP contribution in [-0.2, 0) is 14.8 Å². The molecule has 0 saturated carbocycles. The Labute approximate surface area is 113 Å². The van der Waals surface area contributed by atoms with E-state index >= 15 is 0 Å². The molecule has 0 spiro atoms. The van der Waals surface area contributed by atoms with E-state index < -0.39 is 15.8 Å². The molecule has 0 unspecified atom stereocenters. The normalized spacial score (nSPS) is 11.5. The maximum absolute atomic E-state index is 13.6. The Balaban J connectivity index is 2.47. The molecule has 0 saturated heterocycles. The predicted molar refractivity (Wildman–Crippen MR) is 72.0 cm³/mol. The van der Waals surface area contributed by atoms with Gasteiger partial charge in [-0.05, 0) is 24.6 Å². The Bertz CT molecular complexity index is 506. The largest absolute Gasteiger partial charge is 0.380 e. The molecule has 0 aliphatic carbocycles. The smallest absolute Gasteiger partial charge is 0.238 e. The number of ether oxygens (including phenoxy) is 1. The van der Waals surface area contributed by atoms with Crippen molar-refractivity contribution in [3.8, 4) is 0 Å². The number of hydrogen-bond donors (Lipinski definition) is 2. The average molecular weight is 290 g/mol. The molecule has 1 aromatic rings. The van der Waals surface area contributed by atoms with E-state index in [1.165, 1.54) is 12.1 Å². The monoisotopic (exact) mass is 290 g/mol. The minimum Gasteiger partial charge on any atom is -0.380 e. The number of benzene rings is 1. The number of nitrogens with one attached hydrogen (secondary N) is 1. The summed E-state index contributed by atoms with van der Waals surface area (Å²) in [7, 11) is -3.87. The molecule has 0 aromatic heterocycles. The van der Waals surface area contributed by atoms with E-state index in [-0.39, 0.29) is 10.6 Å². The highest BCUT2D eigenvalue weighted by Gasteiger charge is 2.11. The summed E-state index contributed by atoms with van der Waals surface area (Å²) in [5, 5.41) is 7.74. The molecule has 3 N–H and O–H groups in total. The van der Waals surface area contributed by atoms with Crippen LogP contribution in [0.4, 0.5) is 10.1 Å². The van der Waals surface area contributed by atoms with Crippen molar-refractivity contribution in [3.05, 3.63) is 24.0 Å². The summed E-state index contributed by atoms with van der Waals surface area (Å²) in [6.45, 7) is 3.68. The summed E-state index contributed by atoms with van der Waals surface area (Å²) in [5.74, 6) is -0.653. The van der Waals surface area contributed by atoms with Crippen LogP contribution in [0.15, 0.2) is 23.1 Å². The Morgan fingerprint density at radius 2 is 2.11 bits per heavy atom. The molecule has 108 valence electrons. The summed E-state index contributed by atoms with van der Waals surface area (Å²) in [4.78, 5) is -0.241. The molecule has 0 fully saturated rings. The highest BCUT2D eigenvalue weighted by Crippen LogP contribution is 2.17. The van der Waals surface area contributed by atoms with Gasteiger partial charge in [-0.15, -0.1) is 0 Å². The summed E-state index contributed by atoms with van der Waals surface area (Å²) < 4.78 is 41.0. The standard InChI is InChI=1S/C12H19FN2O3S/c1-2-3-7-18-8-6-15-12-5-4-10(9-11(12)13)19(14,16)17/h4-5,9,15H,2-3,6-8H2,1H3,(H2,14,16,17). The lowest BCUT2D eigenvalue weighted by atomic mass is 10.3. The zero-order valence-corrected chi connectivity index (χ0v) is 11.7. The second-order valence-electron chi connectivity index (χ2n) is 4.08. The molecule has 7 heteroatoms. The minimum absolute atomic E-state index is 0.228. The van der Waals surface area contributed by atoms with Gasteiger partial charge in [-0.2, -0.15) is 0 Å². The third-order valence-electron chi connectivity index (χ3n) is 2.47. The van der Waals surface area contributed by atoms with Gasteiger partial charge in [0.25, 0.3) is 0 Å². The predicted octanol–water partition coefficient (Wildman–Crippen LogP) is 1.70. The number of primary sulfonamides is 1. The molecule has 19 heavy (non-hydrogen) atoms. The van der Waals surface area contributed by atoms with Crippen molar-refractivity contribution in [3.63, 3.8) is 0 Å². The van der Waals surface area contributed by atoms with Crippen LogP contribution in [0.3, 0.4) is 0 Å². The SMILES string of the molecule is CCCCOCCNc1ccc(S(N)(=O)=O)cc1F. The average Bonchev–Trinajstić information content (AvgIpc) is 2.34. The van der Waals surface area contributed by atoms with E-state index in [1.807, 2.05) is 0 Å². The highest BCUT2D eigenvalue weighted by atomic mass is 32.2. The van der Waals surface area contributed by atoms with Gasteiger partial charge in [-0.25, -0.2) is 17.9 Å². The van der Waals surface area contributed by atoms with E-state index in [0.29, 0.717) is 19.8 Å². The fraction of sp³-hybridized carbons (Fsp3) is 0.500. The first kappa shape index (κ1) is 15.9. The Hall–Kier alpha value is -1.18. The van der Waals surface area contributed by atoms with Crippen molar-refractivity contribution >= 4 is 15.7 Å². The van der Waals surface area contributed by atoms with Crippen molar-refractivity contribution in [1.29, 1.82) is 0 Å². The molecule has 0 radical (unpaired) electrons. The molecule has 0 bridgehead atoms. The maximum Gasteiger partial charge on any atom is 0.238 e. The van der Waals surface area contributed by atoms with Crippen LogP contribution in [0.25, 0.3) is 0 Å². The van der Waals surface area contributed by atoms with Gasteiger partial charge in [0.1, 0.15) is 5.82 Å². The first-order chi connectivity index (χ1) is 8.95. The molecule has 5 nitrogen and oxygen atoms in total. The number of unbranched alkanes of at least 4 members (excludes halogenated alkanes) is 1. The number of anilines is 1. The fourth-order valence-electron chi connectivity index (χ4n) is 1.42. The lowest BCUT2D eigenvalue weighted by molar-refractivity contribution is 0.141. The van der Waals surface area contributed by atoms with Crippen molar-refractivity contribution < 1.29 is 17.5 Å². The molecular formula is C12H19FN2O3S. The minimum atomic E-state index is -3.87. The molecule has 0 atom stereocenters. The number of halogens is 1. The third kappa shape index (κ3) is 5.54. The first-order valence-corrected chi connectivity index (χ1v) is 7.63. The van der Waals surface area contributed by atoms with Crippen LogP contribution in [0.2, 0.25) is 0 Å². The summed E-state index contributed by atoms with van der Waals surface area (Å²) in [6.07, 6.45) is 2.06. The molecule has 0 heterocycles. The molecular weight excluding hydrogens is 271 g/mol. The van der Waals surface area contributed by atoms with E-state index in [4.69, 9.17) is 9.88 Å². The van der Waals surface area contributed by atoms with Gasteiger partial charge < -0.3 is 10.1 Å². The summed E-state index contributed by atoms with van der Waals surface area (Å²) in [5.41, 5.74) is 0.228. The molecule has 0 aliphatic rings. The second kappa shape index (κ2) is 7.42. The van der Waals surface area contributed by atoms with Gasteiger partial charge in [0, 0.05) is 13.2 Å². The quantitative estimate of drug-likeness (QED) is 0.714.